The zero-order valence-electron chi connectivity index (χ0n) is 11.5. The van der Waals surface area contributed by atoms with Crippen molar-refractivity contribution in [2.24, 2.45) is 7.05 Å². The van der Waals surface area contributed by atoms with Gasteiger partial charge in [0.2, 0.25) is 0 Å². The summed E-state index contributed by atoms with van der Waals surface area (Å²) in [5.74, 6) is 0. The molecule has 0 atom stereocenters. The third kappa shape index (κ3) is 2.94. The van der Waals surface area contributed by atoms with Gasteiger partial charge in [-0.25, -0.2) is 0 Å². The van der Waals surface area contributed by atoms with Gasteiger partial charge in [-0.15, -0.1) is 0 Å². The molecular weight excluding hydrogens is 271 g/mol. The Labute approximate surface area is 114 Å². The SMILES string of the molecule is CCn1cc(NCc2cc(C(F)(F)F)n(C)n2)c(C)n1. The summed E-state index contributed by atoms with van der Waals surface area (Å²) >= 11 is 0. The second-order valence-corrected chi connectivity index (χ2v) is 4.48. The van der Waals surface area contributed by atoms with E-state index in [0.29, 0.717) is 5.69 Å². The van der Waals surface area contributed by atoms with Crippen LogP contribution in [0.1, 0.15) is 24.0 Å². The van der Waals surface area contributed by atoms with E-state index in [1.165, 1.54) is 7.05 Å². The Kier molecular flexibility index (Phi) is 3.74. The third-order valence-corrected chi connectivity index (χ3v) is 2.95. The van der Waals surface area contributed by atoms with E-state index in [1.807, 2.05) is 20.0 Å². The van der Waals surface area contributed by atoms with Crippen LogP contribution in [0.2, 0.25) is 0 Å². The van der Waals surface area contributed by atoms with Gasteiger partial charge < -0.3 is 5.32 Å². The molecule has 0 amide bonds. The lowest BCUT2D eigenvalue weighted by molar-refractivity contribution is -0.143. The summed E-state index contributed by atoms with van der Waals surface area (Å²) < 4.78 is 40.5. The van der Waals surface area contributed by atoms with Gasteiger partial charge in [0.1, 0.15) is 5.69 Å². The van der Waals surface area contributed by atoms with E-state index in [2.05, 4.69) is 15.5 Å². The van der Waals surface area contributed by atoms with Crippen molar-refractivity contribution in [3.63, 3.8) is 0 Å². The second kappa shape index (κ2) is 5.18. The molecule has 110 valence electrons. The number of rotatable bonds is 4. The molecule has 1 N–H and O–H groups in total. The van der Waals surface area contributed by atoms with Crippen molar-refractivity contribution < 1.29 is 13.2 Å². The van der Waals surface area contributed by atoms with Gasteiger partial charge in [0.15, 0.2) is 0 Å². The lowest BCUT2D eigenvalue weighted by atomic mass is 10.3. The second-order valence-electron chi connectivity index (χ2n) is 4.48. The maximum atomic E-state index is 12.6. The number of alkyl halides is 3. The van der Waals surface area contributed by atoms with Crippen LogP contribution in [0.4, 0.5) is 18.9 Å². The molecule has 8 heteroatoms. The Morgan fingerprint density at radius 3 is 2.50 bits per heavy atom. The Bertz CT molecular complexity index is 597. The van der Waals surface area contributed by atoms with Crippen LogP contribution in [0.25, 0.3) is 0 Å². The van der Waals surface area contributed by atoms with E-state index < -0.39 is 11.9 Å². The summed E-state index contributed by atoms with van der Waals surface area (Å²) in [5.41, 5.74) is 1.18. The van der Waals surface area contributed by atoms with Crippen molar-refractivity contribution >= 4 is 5.69 Å². The lowest BCUT2D eigenvalue weighted by Gasteiger charge is -2.04. The molecule has 0 unspecified atom stereocenters. The molecule has 0 saturated heterocycles. The Hall–Kier alpha value is -1.99. The number of aryl methyl sites for hydroxylation is 3. The van der Waals surface area contributed by atoms with E-state index in [1.54, 1.807) is 4.68 Å². The summed E-state index contributed by atoms with van der Waals surface area (Å²) in [5, 5.41) is 11.2. The van der Waals surface area contributed by atoms with E-state index in [-0.39, 0.29) is 6.54 Å². The fourth-order valence-corrected chi connectivity index (χ4v) is 1.92. The normalized spacial score (nSPS) is 11.9. The fourth-order valence-electron chi connectivity index (χ4n) is 1.92. The first-order chi connectivity index (χ1) is 9.31. The number of nitrogens with one attached hydrogen (secondary N) is 1. The van der Waals surface area contributed by atoms with Gasteiger partial charge in [-0.3, -0.25) is 9.36 Å². The van der Waals surface area contributed by atoms with Crippen molar-refractivity contribution in [3.05, 3.63) is 29.3 Å². The molecule has 0 radical (unpaired) electrons. The monoisotopic (exact) mass is 287 g/mol. The molecule has 5 nitrogen and oxygen atoms in total. The molecule has 2 rings (SSSR count). The Morgan fingerprint density at radius 2 is 2.00 bits per heavy atom. The first kappa shape index (κ1) is 14.4. The summed E-state index contributed by atoms with van der Waals surface area (Å²) in [4.78, 5) is 0. The average molecular weight is 287 g/mol. The van der Waals surface area contributed by atoms with Crippen LogP contribution in [-0.4, -0.2) is 19.6 Å². The van der Waals surface area contributed by atoms with E-state index in [9.17, 15) is 13.2 Å². The minimum Gasteiger partial charge on any atom is -0.377 e. The van der Waals surface area contributed by atoms with Crippen molar-refractivity contribution in [2.75, 3.05) is 5.32 Å². The number of hydrogen-bond acceptors (Lipinski definition) is 3. The number of halogens is 3. The molecule has 0 saturated carbocycles. The van der Waals surface area contributed by atoms with Crippen molar-refractivity contribution in [2.45, 2.75) is 33.1 Å². The number of hydrogen-bond donors (Lipinski definition) is 1. The zero-order chi connectivity index (χ0) is 14.9. The molecule has 0 aliphatic heterocycles. The standard InChI is InChI=1S/C12H16F3N5/c1-4-20-7-10(8(2)17-20)16-6-9-5-11(12(13,14)15)19(3)18-9/h5,7,16H,4,6H2,1-3H3. The van der Waals surface area contributed by atoms with Crippen molar-refractivity contribution in [3.8, 4) is 0 Å². The van der Waals surface area contributed by atoms with Crippen molar-refractivity contribution in [1.82, 2.24) is 19.6 Å². The highest BCUT2D eigenvalue weighted by Crippen LogP contribution is 2.29. The summed E-state index contributed by atoms with van der Waals surface area (Å²) in [6.45, 7) is 4.77. The van der Waals surface area contributed by atoms with Crippen LogP contribution >= 0.6 is 0 Å². The molecule has 2 aromatic rings. The average Bonchev–Trinajstić information content (AvgIpc) is 2.89. The molecule has 0 fully saturated rings. The number of anilines is 1. The van der Waals surface area contributed by atoms with Crippen LogP contribution in [0.15, 0.2) is 12.3 Å². The van der Waals surface area contributed by atoms with E-state index in [4.69, 9.17) is 0 Å². The predicted octanol–water partition coefficient (Wildman–Crippen LogP) is 2.58. The quantitative estimate of drug-likeness (QED) is 0.940. The van der Waals surface area contributed by atoms with Crippen molar-refractivity contribution in [1.29, 1.82) is 0 Å². The first-order valence-corrected chi connectivity index (χ1v) is 6.19. The van der Waals surface area contributed by atoms with Gasteiger partial charge in [-0.05, 0) is 19.9 Å². The first-order valence-electron chi connectivity index (χ1n) is 6.19. The topological polar surface area (TPSA) is 47.7 Å². The summed E-state index contributed by atoms with van der Waals surface area (Å²) in [6.07, 6.45) is -2.56. The molecule has 0 aliphatic carbocycles. The minimum atomic E-state index is -4.39. The molecule has 0 aliphatic rings. The molecule has 2 heterocycles. The van der Waals surface area contributed by atoms with Gasteiger partial charge in [0.05, 0.1) is 23.6 Å². The van der Waals surface area contributed by atoms with Gasteiger partial charge in [-0.2, -0.15) is 23.4 Å². The van der Waals surface area contributed by atoms with Gasteiger partial charge in [-0.1, -0.05) is 0 Å². The van der Waals surface area contributed by atoms with Crippen LogP contribution in [0.5, 0.6) is 0 Å². The molecule has 2 aromatic heterocycles. The summed E-state index contributed by atoms with van der Waals surface area (Å²) in [6, 6.07) is 1.05. The molecule has 20 heavy (non-hydrogen) atoms. The highest BCUT2D eigenvalue weighted by atomic mass is 19.4. The number of nitrogens with zero attached hydrogens (tertiary/aromatic N) is 4. The van der Waals surface area contributed by atoms with Crippen LogP contribution in [0, 0.1) is 6.92 Å². The highest BCUT2D eigenvalue weighted by molar-refractivity contribution is 5.45. The lowest BCUT2D eigenvalue weighted by Crippen LogP contribution is -2.11. The van der Waals surface area contributed by atoms with E-state index >= 15 is 0 Å². The smallest absolute Gasteiger partial charge is 0.377 e. The third-order valence-electron chi connectivity index (χ3n) is 2.95. The highest BCUT2D eigenvalue weighted by Gasteiger charge is 2.34. The maximum absolute atomic E-state index is 12.6. The summed E-state index contributed by atoms with van der Waals surface area (Å²) in [7, 11) is 1.28. The zero-order valence-corrected chi connectivity index (χ0v) is 11.5. The van der Waals surface area contributed by atoms with Gasteiger partial charge in [0.25, 0.3) is 0 Å². The van der Waals surface area contributed by atoms with Crippen LogP contribution in [-0.2, 0) is 26.3 Å². The molecule has 0 aromatic carbocycles. The van der Waals surface area contributed by atoms with E-state index in [0.717, 1.165) is 28.7 Å². The maximum Gasteiger partial charge on any atom is 0.433 e. The minimum absolute atomic E-state index is 0.222. The van der Waals surface area contributed by atoms with Crippen LogP contribution < -0.4 is 5.32 Å². The predicted molar refractivity (Wildman–Crippen MR) is 68.2 cm³/mol. The Morgan fingerprint density at radius 1 is 1.30 bits per heavy atom. The largest absolute Gasteiger partial charge is 0.433 e. The molecular formula is C12H16F3N5. The van der Waals surface area contributed by atoms with Gasteiger partial charge in [0, 0.05) is 19.8 Å². The molecule has 0 bridgehead atoms. The molecule has 0 spiro atoms. The Balaban J connectivity index is 2.09. The number of aromatic nitrogens is 4. The fraction of sp³-hybridized carbons (Fsp3) is 0.500. The van der Waals surface area contributed by atoms with Crippen LogP contribution in [0.3, 0.4) is 0 Å². The van der Waals surface area contributed by atoms with Gasteiger partial charge >= 0.3 is 6.18 Å².